The summed E-state index contributed by atoms with van der Waals surface area (Å²) in [5, 5.41) is 11.8. The van der Waals surface area contributed by atoms with Crippen molar-refractivity contribution < 1.29 is 13.2 Å². The first-order valence-corrected chi connectivity index (χ1v) is 7.27. The first-order valence-electron chi connectivity index (χ1n) is 7.27. The molecule has 1 rings (SSSR count). The number of anilines is 1. The van der Waals surface area contributed by atoms with Crippen LogP contribution in [0.15, 0.2) is 18.2 Å². The zero-order valence-electron chi connectivity index (χ0n) is 12.4. The number of alkyl halides is 3. The highest BCUT2D eigenvalue weighted by molar-refractivity contribution is 5.53. The smallest absolute Gasteiger partial charge is 0.385 e. The summed E-state index contributed by atoms with van der Waals surface area (Å²) in [5.74, 6) is 0.454. The molecule has 0 amide bonds. The maximum absolute atomic E-state index is 12.9. The Morgan fingerprint density at radius 3 is 2.52 bits per heavy atom. The highest BCUT2D eigenvalue weighted by atomic mass is 19.4. The van der Waals surface area contributed by atoms with E-state index in [1.165, 1.54) is 12.1 Å². The SMILES string of the molecule is CCCCC(CC)CNc1ccc(C#N)c(C(F)(F)F)c1. The summed E-state index contributed by atoms with van der Waals surface area (Å²) in [4.78, 5) is 0. The normalized spacial score (nSPS) is 12.8. The number of unbranched alkanes of at least 4 members (excludes halogenated alkanes) is 1. The molecule has 1 atom stereocenters. The van der Waals surface area contributed by atoms with Gasteiger partial charge in [-0.1, -0.05) is 33.1 Å². The molecule has 0 spiro atoms. The topological polar surface area (TPSA) is 35.8 Å². The fourth-order valence-corrected chi connectivity index (χ4v) is 2.19. The van der Waals surface area contributed by atoms with Crippen LogP contribution in [-0.4, -0.2) is 6.54 Å². The van der Waals surface area contributed by atoms with E-state index < -0.39 is 11.7 Å². The molecule has 21 heavy (non-hydrogen) atoms. The molecule has 0 heterocycles. The second kappa shape index (κ2) is 7.92. The second-order valence-electron chi connectivity index (χ2n) is 5.17. The third-order valence-electron chi connectivity index (χ3n) is 3.58. The number of hydrogen-bond acceptors (Lipinski definition) is 2. The number of nitrogens with zero attached hydrogens (tertiary/aromatic N) is 1. The van der Waals surface area contributed by atoms with Gasteiger partial charge in [0.15, 0.2) is 0 Å². The summed E-state index contributed by atoms with van der Waals surface area (Å²) in [6.07, 6.45) is -0.195. The number of nitrogens with one attached hydrogen (secondary N) is 1. The van der Waals surface area contributed by atoms with Crippen molar-refractivity contribution in [3.05, 3.63) is 29.3 Å². The van der Waals surface area contributed by atoms with Crippen LogP contribution < -0.4 is 5.32 Å². The molecule has 116 valence electrons. The lowest BCUT2D eigenvalue weighted by Crippen LogP contribution is -2.15. The van der Waals surface area contributed by atoms with Gasteiger partial charge < -0.3 is 5.32 Å². The fourth-order valence-electron chi connectivity index (χ4n) is 2.19. The van der Waals surface area contributed by atoms with Crippen LogP contribution in [0.3, 0.4) is 0 Å². The van der Waals surface area contributed by atoms with Crippen molar-refractivity contribution in [3.63, 3.8) is 0 Å². The predicted molar refractivity (Wildman–Crippen MR) is 78.0 cm³/mol. The van der Waals surface area contributed by atoms with Crippen molar-refractivity contribution in [1.29, 1.82) is 5.26 Å². The molecule has 0 saturated heterocycles. The molecule has 0 aromatic heterocycles. The first kappa shape index (κ1) is 17.4. The Labute approximate surface area is 124 Å². The van der Waals surface area contributed by atoms with Crippen molar-refractivity contribution in [2.24, 2.45) is 5.92 Å². The summed E-state index contributed by atoms with van der Waals surface area (Å²) in [5.41, 5.74) is -0.807. The molecule has 2 nitrogen and oxygen atoms in total. The number of benzene rings is 1. The minimum Gasteiger partial charge on any atom is -0.385 e. The average molecular weight is 298 g/mol. The van der Waals surface area contributed by atoms with E-state index in [0.717, 1.165) is 31.7 Å². The standard InChI is InChI=1S/C16H21F3N2/c1-3-5-6-12(4-2)11-21-14-8-7-13(10-20)15(9-14)16(17,18)19/h7-9,12,21H,3-6,11H2,1-2H3. The molecule has 1 N–H and O–H groups in total. The number of rotatable bonds is 7. The number of nitriles is 1. The van der Waals surface area contributed by atoms with Crippen LogP contribution in [-0.2, 0) is 6.18 Å². The van der Waals surface area contributed by atoms with E-state index in [9.17, 15) is 13.2 Å². The molecule has 1 unspecified atom stereocenters. The first-order chi connectivity index (χ1) is 9.92. The summed E-state index contributed by atoms with van der Waals surface area (Å²) >= 11 is 0. The number of hydrogen-bond donors (Lipinski definition) is 1. The third kappa shape index (κ3) is 5.30. The van der Waals surface area contributed by atoms with Crippen molar-refractivity contribution in [1.82, 2.24) is 0 Å². The van der Waals surface area contributed by atoms with Gasteiger partial charge in [-0.2, -0.15) is 18.4 Å². The van der Waals surface area contributed by atoms with E-state index in [1.807, 2.05) is 0 Å². The lowest BCUT2D eigenvalue weighted by Gasteiger charge is -2.17. The van der Waals surface area contributed by atoms with Gasteiger partial charge in [0.1, 0.15) is 0 Å². The molecule has 1 aromatic rings. The summed E-state index contributed by atoms with van der Waals surface area (Å²) < 4.78 is 38.6. The van der Waals surface area contributed by atoms with E-state index in [2.05, 4.69) is 19.2 Å². The lowest BCUT2D eigenvalue weighted by molar-refractivity contribution is -0.137. The molecule has 0 aliphatic heterocycles. The minimum atomic E-state index is -4.50. The van der Waals surface area contributed by atoms with Gasteiger partial charge in [0.25, 0.3) is 0 Å². The molecule has 0 radical (unpaired) electrons. The van der Waals surface area contributed by atoms with E-state index in [4.69, 9.17) is 5.26 Å². The van der Waals surface area contributed by atoms with Gasteiger partial charge >= 0.3 is 6.18 Å². The van der Waals surface area contributed by atoms with Crippen LogP contribution in [0, 0.1) is 17.2 Å². The zero-order chi connectivity index (χ0) is 15.9. The van der Waals surface area contributed by atoms with E-state index in [-0.39, 0.29) is 5.56 Å². The second-order valence-corrected chi connectivity index (χ2v) is 5.17. The molecule has 0 fully saturated rings. The fraction of sp³-hybridized carbons (Fsp3) is 0.562. The quantitative estimate of drug-likeness (QED) is 0.750. The highest BCUT2D eigenvalue weighted by Gasteiger charge is 2.33. The van der Waals surface area contributed by atoms with Gasteiger partial charge in [0.2, 0.25) is 0 Å². The molecule has 0 aliphatic carbocycles. The van der Waals surface area contributed by atoms with Gasteiger partial charge in [-0.3, -0.25) is 0 Å². The lowest BCUT2D eigenvalue weighted by atomic mass is 9.99. The molecule has 0 bridgehead atoms. The van der Waals surface area contributed by atoms with Crippen molar-refractivity contribution in [3.8, 4) is 6.07 Å². The Morgan fingerprint density at radius 2 is 2.00 bits per heavy atom. The molecule has 0 saturated carbocycles. The Kier molecular flexibility index (Phi) is 6.54. The van der Waals surface area contributed by atoms with E-state index in [0.29, 0.717) is 18.2 Å². The Bertz CT molecular complexity index is 489. The maximum Gasteiger partial charge on any atom is 0.417 e. The molecule has 0 aliphatic rings. The Balaban J connectivity index is 2.79. The third-order valence-corrected chi connectivity index (χ3v) is 3.58. The molecule has 5 heteroatoms. The zero-order valence-corrected chi connectivity index (χ0v) is 12.4. The minimum absolute atomic E-state index is 0.342. The van der Waals surface area contributed by atoms with Crippen molar-refractivity contribution in [2.75, 3.05) is 11.9 Å². The molecular weight excluding hydrogens is 277 g/mol. The van der Waals surface area contributed by atoms with Crippen LogP contribution in [0.1, 0.15) is 50.7 Å². The largest absolute Gasteiger partial charge is 0.417 e. The van der Waals surface area contributed by atoms with Gasteiger partial charge in [0, 0.05) is 12.2 Å². The summed E-state index contributed by atoms with van der Waals surface area (Å²) in [6.45, 7) is 4.86. The maximum atomic E-state index is 12.9. The summed E-state index contributed by atoms with van der Waals surface area (Å²) in [7, 11) is 0. The van der Waals surface area contributed by atoms with E-state index >= 15 is 0 Å². The molecular formula is C16H21F3N2. The monoisotopic (exact) mass is 298 g/mol. The van der Waals surface area contributed by atoms with Crippen LogP contribution >= 0.6 is 0 Å². The van der Waals surface area contributed by atoms with Gasteiger partial charge in [0.05, 0.1) is 17.2 Å². The van der Waals surface area contributed by atoms with Crippen LogP contribution in [0.2, 0.25) is 0 Å². The highest BCUT2D eigenvalue weighted by Crippen LogP contribution is 2.33. The predicted octanol–water partition coefficient (Wildman–Crippen LogP) is 5.21. The molecule has 1 aromatic carbocycles. The average Bonchev–Trinajstić information content (AvgIpc) is 2.46. The van der Waals surface area contributed by atoms with Gasteiger partial charge in [-0.05, 0) is 30.5 Å². The number of halogens is 3. The Morgan fingerprint density at radius 1 is 1.29 bits per heavy atom. The van der Waals surface area contributed by atoms with E-state index in [1.54, 1.807) is 6.07 Å². The Hall–Kier alpha value is -1.70. The van der Waals surface area contributed by atoms with Crippen molar-refractivity contribution in [2.45, 2.75) is 45.7 Å². The van der Waals surface area contributed by atoms with Crippen molar-refractivity contribution >= 4 is 5.69 Å². The van der Waals surface area contributed by atoms with Crippen LogP contribution in [0.25, 0.3) is 0 Å². The van der Waals surface area contributed by atoms with Crippen LogP contribution in [0.5, 0.6) is 0 Å². The van der Waals surface area contributed by atoms with Gasteiger partial charge in [-0.25, -0.2) is 0 Å². The van der Waals surface area contributed by atoms with Gasteiger partial charge in [-0.15, -0.1) is 0 Å². The van der Waals surface area contributed by atoms with Crippen LogP contribution in [0.4, 0.5) is 18.9 Å². The summed E-state index contributed by atoms with van der Waals surface area (Å²) in [6, 6.07) is 5.35.